The molecule has 1 N–H and O–H groups in total. The molecule has 1 amide bonds. The molecule has 110 valence electrons. The van der Waals surface area contributed by atoms with Crippen molar-refractivity contribution in [1.29, 1.82) is 0 Å². The van der Waals surface area contributed by atoms with Gasteiger partial charge in [-0.3, -0.25) is 4.79 Å². The molecule has 0 aliphatic rings. The quantitative estimate of drug-likeness (QED) is 0.813. The van der Waals surface area contributed by atoms with E-state index in [0.717, 1.165) is 5.56 Å². The molecule has 0 radical (unpaired) electrons. The van der Waals surface area contributed by atoms with Gasteiger partial charge in [-0.05, 0) is 29.2 Å². The van der Waals surface area contributed by atoms with Crippen LogP contribution in [-0.4, -0.2) is 5.91 Å². The predicted octanol–water partition coefficient (Wildman–Crippen LogP) is 5.30. The van der Waals surface area contributed by atoms with Gasteiger partial charge in [-0.25, -0.2) is 0 Å². The Morgan fingerprint density at radius 2 is 1.76 bits per heavy atom. The van der Waals surface area contributed by atoms with E-state index in [1.807, 2.05) is 12.1 Å². The molecule has 0 saturated carbocycles. The summed E-state index contributed by atoms with van der Waals surface area (Å²) in [4.78, 5) is 12.1. The van der Waals surface area contributed by atoms with Crippen molar-refractivity contribution in [2.24, 2.45) is 0 Å². The van der Waals surface area contributed by atoms with Gasteiger partial charge in [0.25, 0.3) is 0 Å². The normalized spacial score (nSPS) is 10.7. The maximum Gasteiger partial charge on any atom is 0.228 e. The minimum atomic E-state index is -0.114. The maximum atomic E-state index is 12.1. The molecule has 4 heteroatoms. The molecule has 0 atom stereocenters. The zero-order valence-corrected chi connectivity index (χ0v) is 13.5. The molecule has 0 unspecified atom stereocenters. The van der Waals surface area contributed by atoms with Crippen molar-refractivity contribution in [1.82, 2.24) is 0 Å². The number of carbonyl (C=O) groups is 1. The number of carbonyl (C=O) groups excluding carboxylic acids is 1. The lowest BCUT2D eigenvalue weighted by Crippen LogP contribution is -2.14. The lowest BCUT2D eigenvalue weighted by Gasteiger charge is -2.09. The van der Waals surface area contributed by atoms with Crippen LogP contribution in [0.1, 0.15) is 30.9 Å². The monoisotopic (exact) mass is 321 g/mol. The Balaban J connectivity index is 2.03. The SMILES string of the molecule is CC(C)c1ccc(CC(=O)Nc2cccc(Cl)c2Cl)cc1. The van der Waals surface area contributed by atoms with E-state index in [9.17, 15) is 4.79 Å². The highest BCUT2D eigenvalue weighted by molar-refractivity contribution is 6.43. The van der Waals surface area contributed by atoms with Crippen LogP contribution >= 0.6 is 23.2 Å². The Morgan fingerprint density at radius 1 is 1.10 bits per heavy atom. The Kier molecular flexibility index (Phi) is 5.27. The summed E-state index contributed by atoms with van der Waals surface area (Å²) in [6.45, 7) is 4.28. The molecule has 0 aliphatic carbocycles. The molecule has 2 nitrogen and oxygen atoms in total. The first-order valence-electron chi connectivity index (χ1n) is 6.80. The lowest BCUT2D eigenvalue weighted by molar-refractivity contribution is -0.115. The Morgan fingerprint density at radius 3 is 2.38 bits per heavy atom. The summed E-state index contributed by atoms with van der Waals surface area (Å²) in [5.41, 5.74) is 2.76. The van der Waals surface area contributed by atoms with Crippen molar-refractivity contribution in [3.63, 3.8) is 0 Å². The zero-order valence-electron chi connectivity index (χ0n) is 12.0. The van der Waals surface area contributed by atoms with Crippen LogP contribution in [0.5, 0.6) is 0 Å². The van der Waals surface area contributed by atoms with Gasteiger partial charge in [-0.2, -0.15) is 0 Å². The molecule has 2 rings (SSSR count). The number of halogens is 2. The Labute approximate surface area is 135 Å². The van der Waals surface area contributed by atoms with Crippen LogP contribution in [0.25, 0.3) is 0 Å². The highest BCUT2D eigenvalue weighted by Gasteiger charge is 2.09. The fourth-order valence-corrected chi connectivity index (χ4v) is 2.35. The van der Waals surface area contributed by atoms with E-state index < -0.39 is 0 Å². The number of nitrogens with one attached hydrogen (secondary N) is 1. The molecule has 0 spiro atoms. The fraction of sp³-hybridized carbons (Fsp3) is 0.235. The van der Waals surface area contributed by atoms with E-state index in [1.54, 1.807) is 18.2 Å². The number of amides is 1. The standard InChI is InChI=1S/C17H17Cl2NO/c1-11(2)13-8-6-12(7-9-13)10-16(21)20-15-5-3-4-14(18)17(15)19/h3-9,11H,10H2,1-2H3,(H,20,21). The molecule has 0 saturated heterocycles. The Hall–Kier alpha value is -1.51. The highest BCUT2D eigenvalue weighted by Crippen LogP contribution is 2.29. The van der Waals surface area contributed by atoms with E-state index >= 15 is 0 Å². The molecule has 0 fully saturated rings. The molecule has 0 aliphatic heterocycles. The van der Waals surface area contributed by atoms with Crippen LogP contribution in [0.2, 0.25) is 10.0 Å². The Bertz CT molecular complexity index is 636. The summed E-state index contributed by atoms with van der Waals surface area (Å²) in [5.74, 6) is 0.370. The third kappa shape index (κ3) is 4.23. The van der Waals surface area contributed by atoms with Crippen molar-refractivity contribution in [2.45, 2.75) is 26.2 Å². The van der Waals surface area contributed by atoms with Crippen LogP contribution in [0, 0.1) is 0 Å². The minimum absolute atomic E-state index is 0.114. The van der Waals surface area contributed by atoms with Crippen molar-refractivity contribution >= 4 is 34.8 Å². The van der Waals surface area contributed by atoms with Crippen LogP contribution in [0.4, 0.5) is 5.69 Å². The van der Waals surface area contributed by atoms with Gasteiger partial charge in [-0.1, -0.05) is 67.4 Å². The summed E-state index contributed by atoms with van der Waals surface area (Å²) in [7, 11) is 0. The molecule has 0 heterocycles. The van der Waals surface area contributed by atoms with Gasteiger partial charge in [0, 0.05) is 0 Å². The number of hydrogen-bond donors (Lipinski definition) is 1. The first-order valence-corrected chi connectivity index (χ1v) is 7.55. The van der Waals surface area contributed by atoms with E-state index in [-0.39, 0.29) is 5.91 Å². The van der Waals surface area contributed by atoms with Crippen LogP contribution in [-0.2, 0) is 11.2 Å². The van der Waals surface area contributed by atoms with Gasteiger partial charge in [0.1, 0.15) is 0 Å². The van der Waals surface area contributed by atoms with Crippen molar-refractivity contribution in [2.75, 3.05) is 5.32 Å². The smallest absolute Gasteiger partial charge is 0.228 e. The van der Waals surface area contributed by atoms with Gasteiger partial charge < -0.3 is 5.32 Å². The summed E-state index contributed by atoms with van der Waals surface area (Å²) in [5, 5.41) is 3.57. The topological polar surface area (TPSA) is 29.1 Å². The average Bonchev–Trinajstić information content (AvgIpc) is 2.44. The first kappa shape index (κ1) is 15.9. The lowest BCUT2D eigenvalue weighted by atomic mass is 10.0. The highest BCUT2D eigenvalue weighted by atomic mass is 35.5. The van der Waals surface area contributed by atoms with E-state index in [0.29, 0.717) is 28.1 Å². The molecule has 21 heavy (non-hydrogen) atoms. The van der Waals surface area contributed by atoms with E-state index in [1.165, 1.54) is 5.56 Å². The summed E-state index contributed by atoms with van der Waals surface area (Å²) < 4.78 is 0. The minimum Gasteiger partial charge on any atom is -0.324 e. The summed E-state index contributed by atoms with van der Waals surface area (Å²) in [6.07, 6.45) is 0.307. The molecule has 0 aromatic heterocycles. The van der Waals surface area contributed by atoms with Crippen LogP contribution in [0.15, 0.2) is 42.5 Å². The van der Waals surface area contributed by atoms with Gasteiger partial charge >= 0.3 is 0 Å². The second-order valence-electron chi connectivity index (χ2n) is 5.22. The second kappa shape index (κ2) is 6.97. The summed E-state index contributed by atoms with van der Waals surface area (Å²) >= 11 is 12.0. The largest absolute Gasteiger partial charge is 0.324 e. The van der Waals surface area contributed by atoms with E-state index in [4.69, 9.17) is 23.2 Å². The average molecular weight is 322 g/mol. The number of anilines is 1. The summed E-state index contributed by atoms with van der Waals surface area (Å²) in [6, 6.07) is 13.2. The zero-order chi connectivity index (χ0) is 15.4. The van der Waals surface area contributed by atoms with Crippen LogP contribution in [0.3, 0.4) is 0 Å². The molecular weight excluding hydrogens is 305 g/mol. The predicted molar refractivity (Wildman–Crippen MR) is 89.3 cm³/mol. The van der Waals surface area contributed by atoms with Crippen LogP contribution < -0.4 is 5.32 Å². The molecule has 0 bridgehead atoms. The van der Waals surface area contributed by atoms with Gasteiger partial charge in [0.15, 0.2) is 0 Å². The fourth-order valence-electron chi connectivity index (χ4n) is 2.00. The number of benzene rings is 2. The maximum absolute atomic E-state index is 12.1. The van der Waals surface area contributed by atoms with Crippen molar-refractivity contribution < 1.29 is 4.79 Å². The third-order valence-corrected chi connectivity index (χ3v) is 4.06. The first-order chi connectivity index (χ1) is 9.97. The second-order valence-corrected chi connectivity index (χ2v) is 6.01. The van der Waals surface area contributed by atoms with Gasteiger partial charge in [0.2, 0.25) is 5.91 Å². The number of hydrogen-bond acceptors (Lipinski definition) is 1. The van der Waals surface area contributed by atoms with Gasteiger partial charge in [-0.15, -0.1) is 0 Å². The van der Waals surface area contributed by atoms with Crippen molar-refractivity contribution in [3.8, 4) is 0 Å². The molecule has 2 aromatic rings. The third-order valence-electron chi connectivity index (χ3n) is 3.24. The van der Waals surface area contributed by atoms with Crippen molar-refractivity contribution in [3.05, 3.63) is 63.6 Å². The number of rotatable bonds is 4. The molecular formula is C17H17Cl2NO. The van der Waals surface area contributed by atoms with Gasteiger partial charge in [0.05, 0.1) is 22.2 Å². The molecule has 2 aromatic carbocycles. The van der Waals surface area contributed by atoms with E-state index in [2.05, 4.69) is 31.3 Å².